The highest BCUT2D eigenvalue weighted by atomic mass is 16.2. The average Bonchev–Trinajstić information content (AvgIpc) is 2.47. The fraction of sp³-hybridized carbons (Fsp3) is 0.950. The van der Waals surface area contributed by atoms with E-state index in [9.17, 15) is 4.79 Å². The van der Waals surface area contributed by atoms with E-state index in [4.69, 9.17) is 0 Å². The third-order valence-corrected chi connectivity index (χ3v) is 4.92. The van der Waals surface area contributed by atoms with Crippen molar-refractivity contribution in [2.45, 2.75) is 104 Å². The summed E-state index contributed by atoms with van der Waals surface area (Å²) in [5, 5.41) is 0. The fourth-order valence-electron chi connectivity index (χ4n) is 2.86. The van der Waals surface area contributed by atoms with Crippen molar-refractivity contribution >= 4 is 5.91 Å². The highest BCUT2D eigenvalue weighted by molar-refractivity contribution is 5.65. The largest absolute Gasteiger partial charge is 0.310 e. The SMILES string of the molecule is CCCCCCCCCCCCCCCC[N+](C)(C)C(C)=O. The Balaban J connectivity index is 3.16. The summed E-state index contributed by atoms with van der Waals surface area (Å²) in [7, 11) is 4.04. The van der Waals surface area contributed by atoms with Crippen LogP contribution in [-0.2, 0) is 4.79 Å². The van der Waals surface area contributed by atoms with Gasteiger partial charge in [0.25, 0.3) is 0 Å². The van der Waals surface area contributed by atoms with Gasteiger partial charge in [-0.2, -0.15) is 0 Å². The van der Waals surface area contributed by atoms with Gasteiger partial charge in [-0.05, 0) is 12.8 Å². The summed E-state index contributed by atoms with van der Waals surface area (Å²) in [4.78, 5) is 11.4. The molecule has 0 unspecified atom stereocenters. The second kappa shape index (κ2) is 14.2. The van der Waals surface area contributed by atoms with Gasteiger partial charge < -0.3 is 0 Å². The van der Waals surface area contributed by atoms with E-state index < -0.39 is 0 Å². The lowest BCUT2D eigenvalue weighted by Crippen LogP contribution is -2.44. The molecule has 0 saturated carbocycles. The van der Waals surface area contributed by atoms with Crippen molar-refractivity contribution in [1.82, 2.24) is 0 Å². The number of rotatable bonds is 15. The maximum absolute atomic E-state index is 11.4. The smallest absolute Gasteiger partial charge is 0.266 e. The second-order valence-electron chi connectivity index (χ2n) is 7.52. The van der Waals surface area contributed by atoms with Crippen molar-refractivity contribution in [3.8, 4) is 0 Å². The Morgan fingerprint density at radius 3 is 1.27 bits per heavy atom. The first-order valence-electron chi connectivity index (χ1n) is 9.85. The number of carbonyl (C=O) groups is 1. The molecule has 0 fully saturated rings. The Kier molecular flexibility index (Phi) is 14.0. The monoisotopic (exact) mass is 312 g/mol. The molecule has 0 heterocycles. The number of quaternary nitrogens is 1. The van der Waals surface area contributed by atoms with Crippen LogP contribution in [-0.4, -0.2) is 31.0 Å². The third kappa shape index (κ3) is 13.3. The first-order valence-corrected chi connectivity index (χ1v) is 9.85. The van der Waals surface area contributed by atoms with Gasteiger partial charge in [-0.15, -0.1) is 0 Å². The van der Waals surface area contributed by atoms with Crippen LogP contribution in [0.3, 0.4) is 0 Å². The van der Waals surface area contributed by atoms with Gasteiger partial charge in [0, 0.05) is 0 Å². The van der Waals surface area contributed by atoms with E-state index in [0.29, 0.717) is 4.48 Å². The number of unbranched alkanes of at least 4 members (excludes halogenated alkanes) is 13. The number of nitrogens with zero attached hydrogens (tertiary/aromatic N) is 1. The first kappa shape index (κ1) is 21.6. The number of hydrogen-bond acceptors (Lipinski definition) is 1. The van der Waals surface area contributed by atoms with Gasteiger partial charge in [-0.3, -0.25) is 4.48 Å². The molecule has 1 amide bonds. The molecule has 0 aliphatic carbocycles. The van der Waals surface area contributed by atoms with Crippen molar-refractivity contribution in [3.05, 3.63) is 0 Å². The third-order valence-electron chi connectivity index (χ3n) is 4.92. The number of carbonyl (C=O) groups excluding carboxylic acids is 1. The Morgan fingerprint density at radius 1 is 0.636 bits per heavy atom. The zero-order valence-corrected chi connectivity index (χ0v) is 16.0. The van der Waals surface area contributed by atoms with Crippen LogP contribution in [0.1, 0.15) is 104 Å². The summed E-state index contributed by atoms with van der Waals surface area (Å²) < 4.78 is 0.540. The van der Waals surface area contributed by atoms with Gasteiger partial charge in [-0.1, -0.05) is 84.0 Å². The molecule has 0 aromatic carbocycles. The Hall–Kier alpha value is -0.370. The van der Waals surface area contributed by atoms with Crippen LogP contribution in [0.4, 0.5) is 0 Å². The molecule has 22 heavy (non-hydrogen) atoms. The van der Waals surface area contributed by atoms with Crippen LogP contribution in [0.5, 0.6) is 0 Å². The summed E-state index contributed by atoms with van der Waals surface area (Å²) in [6, 6.07) is 0. The zero-order valence-electron chi connectivity index (χ0n) is 16.0. The Labute approximate surface area is 140 Å². The van der Waals surface area contributed by atoms with Crippen LogP contribution >= 0.6 is 0 Å². The van der Waals surface area contributed by atoms with Crippen LogP contribution < -0.4 is 0 Å². The molecular formula is C20H42NO+. The minimum atomic E-state index is 0.273. The standard InChI is InChI=1S/C20H42NO/c1-5-6-7-8-9-10-11-12-13-14-15-16-17-18-19-21(3,4)20(2)22/h5-19H2,1-4H3/q+1. The van der Waals surface area contributed by atoms with E-state index >= 15 is 0 Å². The van der Waals surface area contributed by atoms with Crippen LogP contribution in [0.15, 0.2) is 0 Å². The molecule has 0 N–H and O–H groups in total. The summed E-state index contributed by atoms with van der Waals surface area (Å²) in [5.74, 6) is 0.273. The van der Waals surface area contributed by atoms with Gasteiger partial charge >= 0.3 is 5.91 Å². The number of amides is 1. The van der Waals surface area contributed by atoms with Crippen molar-refractivity contribution < 1.29 is 9.28 Å². The molecular weight excluding hydrogens is 270 g/mol. The molecule has 0 aliphatic heterocycles. The molecule has 132 valence electrons. The van der Waals surface area contributed by atoms with E-state index in [1.54, 1.807) is 6.92 Å². The van der Waals surface area contributed by atoms with E-state index in [2.05, 4.69) is 6.92 Å². The van der Waals surface area contributed by atoms with Crippen molar-refractivity contribution in [3.63, 3.8) is 0 Å². The molecule has 0 aromatic heterocycles. The summed E-state index contributed by atoms with van der Waals surface area (Å²) in [5.41, 5.74) is 0. The van der Waals surface area contributed by atoms with Crippen molar-refractivity contribution in [2.24, 2.45) is 0 Å². The Morgan fingerprint density at radius 2 is 0.955 bits per heavy atom. The van der Waals surface area contributed by atoms with E-state index in [-0.39, 0.29) is 5.91 Å². The molecule has 0 aliphatic rings. The molecule has 2 heteroatoms. The normalized spacial score (nSPS) is 11.8. The summed E-state index contributed by atoms with van der Waals surface area (Å²) in [6.45, 7) is 4.97. The maximum Gasteiger partial charge on any atom is 0.310 e. The average molecular weight is 313 g/mol. The summed E-state index contributed by atoms with van der Waals surface area (Å²) in [6.07, 6.45) is 19.4. The van der Waals surface area contributed by atoms with Crippen LogP contribution in [0.2, 0.25) is 0 Å². The molecule has 0 radical (unpaired) electrons. The molecule has 0 saturated heterocycles. The van der Waals surface area contributed by atoms with E-state index in [1.165, 1.54) is 89.9 Å². The van der Waals surface area contributed by atoms with E-state index in [1.807, 2.05) is 14.1 Å². The van der Waals surface area contributed by atoms with Gasteiger partial charge in [0.05, 0.1) is 27.6 Å². The molecule has 0 aromatic rings. The predicted octanol–water partition coefficient (Wildman–Crippen LogP) is 6.09. The van der Waals surface area contributed by atoms with Gasteiger partial charge in [0.15, 0.2) is 0 Å². The predicted molar refractivity (Wildman–Crippen MR) is 98.0 cm³/mol. The van der Waals surface area contributed by atoms with Gasteiger partial charge in [0.2, 0.25) is 0 Å². The minimum absolute atomic E-state index is 0.273. The summed E-state index contributed by atoms with van der Waals surface area (Å²) >= 11 is 0. The molecule has 0 spiro atoms. The topological polar surface area (TPSA) is 17.1 Å². The molecule has 0 atom stereocenters. The van der Waals surface area contributed by atoms with Gasteiger partial charge in [-0.25, -0.2) is 4.79 Å². The number of hydrogen-bond donors (Lipinski definition) is 0. The lowest BCUT2D eigenvalue weighted by Gasteiger charge is -2.25. The van der Waals surface area contributed by atoms with Crippen LogP contribution in [0, 0.1) is 0 Å². The zero-order chi connectivity index (χ0) is 16.7. The van der Waals surface area contributed by atoms with Crippen molar-refractivity contribution in [2.75, 3.05) is 20.6 Å². The lowest BCUT2D eigenvalue weighted by molar-refractivity contribution is -0.813. The second-order valence-corrected chi connectivity index (χ2v) is 7.52. The lowest BCUT2D eigenvalue weighted by atomic mass is 10.0. The molecule has 0 bridgehead atoms. The molecule has 2 nitrogen and oxygen atoms in total. The molecule has 0 rings (SSSR count). The Bertz CT molecular complexity index is 260. The quantitative estimate of drug-likeness (QED) is 0.264. The van der Waals surface area contributed by atoms with Gasteiger partial charge in [0.1, 0.15) is 0 Å². The van der Waals surface area contributed by atoms with Crippen LogP contribution in [0.25, 0.3) is 0 Å². The highest BCUT2D eigenvalue weighted by Crippen LogP contribution is 2.13. The highest BCUT2D eigenvalue weighted by Gasteiger charge is 2.20. The maximum atomic E-state index is 11.4. The minimum Gasteiger partial charge on any atom is -0.266 e. The van der Waals surface area contributed by atoms with E-state index in [0.717, 1.165) is 6.54 Å². The van der Waals surface area contributed by atoms with Crippen molar-refractivity contribution in [1.29, 1.82) is 0 Å². The fourth-order valence-corrected chi connectivity index (χ4v) is 2.86. The first-order chi connectivity index (χ1) is 10.5.